The van der Waals surface area contributed by atoms with Gasteiger partial charge in [0, 0.05) is 5.88 Å². The highest BCUT2D eigenvalue weighted by Gasteiger charge is 2.19. The molecule has 1 rings (SSSR count). The monoisotopic (exact) mass is 163 g/mol. The topological polar surface area (TPSA) is 32.3 Å². The third kappa shape index (κ3) is 2.11. The van der Waals surface area contributed by atoms with Crippen molar-refractivity contribution in [3.63, 3.8) is 0 Å². The summed E-state index contributed by atoms with van der Waals surface area (Å²) < 4.78 is 0. The Morgan fingerprint density at radius 3 is 2.60 bits per heavy atom. The van der Waals surface area contributed by atoms with Crippen LogP contribution in [0, 0.1) is 5.92 Å². The van der Waals surface area contributed by atoms with Gasteiger partial charge in [-0.1, -0.05) is 0 Å². The Balaban J connectivity index is 2.24. The molecule has 2 nitrogen and oxygen atoms in total. The average Bonchev–Trinajstić information content (AvgIpc) is 2.05. The van der Waals surface area contributed by atoms with E-state index in [1.807, 2.05) is 0 Å². The van der Waals surface area contributed by atoms with Gasteiger partial charge in [-0.3, -0.25) is 0 Å². The van der Waals surface area contributed by atoms with E-state index in [-0.39, 0.29) is 6.10 Å². The lowest BCUT2D eigenvalue weighted by Gasteiger charge is -2.25. The SMILES string of the molecule is OC(CCl)C1CCNCC1. The second kappa shape index (κ2) is 4.16. The van der Waals surface area contributed by atoms with Crippen molar-refractivity contribution in [1.82, 2.24) is 5.32 Å². The largest absolute Gasteiger partial charge is 0.392 e. The van der Waals surface area contributed by atoms with Gasteiger partial charge in [-0.05, 0) is 31.8 Å². The summed E-state index contributed by atoms with van der Waals surface area (Å²) in [7, 11) is 0. The van der Waals surface area contributed by atoms with E-state index in [1.165, 1.54) is 0 Å². The molecular weight excluding hydrogens is 150 g/mol. The van der Waals surface area contributed by atoms with E-state index in [1.54, 1.807) is 0 Å². The van der Waals surface area contributed by atoms with Crippen LogP contribution in [0.25, 0.3) is 0 Å². The zero-order chi connectivity index (χ0) is 7.40. The summed E-state index contributed by atoms with van der Waals surface area (Å²) in [5.41, 5.74) is 0. The lowest BCUT2D eigenvalue weighted by molar-refractivity contribution is 0.108. The van der Waals surface area contributed by atoms with Gasteiger partial charge in [-0.15, -0.1) is 11.6 Å². The molecule has 3 heteroatoms. The molecule has 0 aromatic heterocycles. The summed E-state index contributed by atoms with van der Waals surface area (Å²) in [4.78, 5) is 0. The molecule has 60 valence electrons. The number of aliphatic hydroxyl groups is 1. The molecular formula is C7H14ClNO. The second-order valence-corrected chi connectivity index (χ2v) is 3.12. The van der Waals surface area contributed by atoms with Crippen molar-refractivity contribution < 1.29 is 5.11 Å². The Labute approximate surface area is 66.6 Å². The molecule has 1 aliphatic rings. The molecule has 1 saturated heterocycles. The number of nitrogens with one attached hydrogen (secondary N) is 1. The van der Waals surface area contributed by atoms with Crippen molar-refractivity contribution in [2.75, 3.05) is 19.0 Å². The number of halogens is 1. The molecule has 0 aromatic rings. The Hall–Kier alpha value is 0.210. The molecule has 0 saturated carbocycles. The molecule has 1 unspecified atom stereocenters. The Bertz CT molecular complexity index is 93.6. The zero-order valence-electron chi connectivity index (χ0n) is 6.02. The first kappa shape index (κ1) is 8.31. The maximum Gasteiger partial charge on any atom is 0.0704 e. The van der Waals surface area contributed by atoms with E-state index in [2.05, 4.69) is 5.32 Å². The third-order valence-corrected chi connectivity index (χ3v) is 2.40. The fourth-order valence-corrected chi connectivity index (χ4v) is 1.61. The van der Waals surface area contributed by atoms with Crippen LogP contribution < -0.4 is 5.32 Å². The van der Waals surface area contributed by atoms with Crippen molar-refractivity contribution in [3.05, 3.63) is 0 Å². The zero-order valence-corrected chi connectivity index (χ0v) is 6.77. The van der Waals surface area contributed by atoms with Crippen molar-refractivity contribution in [2.24, 2.45) is 5.92 Å². The fourth-order valence-electron chi connectivity index (χ4n) is 1.36. The van der Waals surface area contributed by atoms with Crippen LogP contribution in [0.3, 0.4) is 0 Å². The van der Waals surface area contributed by atoms with Crippen molar-refractivity contribution >= 4 is 11.6 Å². The second-order valence-electron chi connectivity index (χ2n) is 2.81. The lowest BCUT2D eigenvalue weighted by atomic mass is 9.93. The minimum atomic E-state index is -0.288. The summed E-state index contributed by atoms with van der Waals surface area (Å²) in [6, 6.07) is 0. The minimum absolute atomic E-state index is 0.288. The van der Waals surface area contributed by atoms with Crippen LogP contribution in [0.4, 0.5) is 0 Å². The van der Waals surface area contributed by atoms with Crippen LogP contribution in [-0.4, -0.2) is 30.2 Å². The number of piperidine rings is 1. The van der Waals surface area contributed by atoms with Gasteiger partial charge in [0.05, 0.1) is 6.10 Å². The normalized spacial score (nSPS) is 24.6. The highest BCUT2D eigenvalue weighted by Crippen LogP contribution is 2.16. The van der Waals surface area contributed by atoms with Crippen LogP contribution in [0.5, 0.6) is 0 Å². The molecule has 1 atom stereocenters. The van der Waals surface area contributed by atoms with Crippen LogP contribution in [0.15, 0.2) is 0 Å². The molecule has 1 fully saturated rings. The van der Waals surface area contributed by atoms with Gasteiger partial charge in [-0.2, -0.15) is 0 Å². The van der Waals surface area contributed by atoms with E-state index in [4.69, 9.17) is 11.6 Å². The molecule has 0 amide bonds. The summed E-state index contributed by atoms with van der Waals surface area (Å²) in [6.07, 6.45) is 1.84. The van der Waals surface area contributed by atoms with Gasteiger partial charge in [-0.25, -0.2) is 0 Å². The summed E-state index contributed by atoms with van der Waals surface area (Å²) in [6.45, 7) is 2.05. The maximum atomic E-state index is 9.32. The summed E-state index contributed by atoms with van der Waals surface area (Å²) in [5, 5.41) is 12.6. The van der Waals surface area contributed by atoms with Crippen LogP contribution in [-0.2, 0) is 0 Å². The first-order valence-electron chi connectivity index (χ1n) is 3.79. The Morgan fingerprint density at radius 1 is 1.50 bits per heavy atom. The van der Waals surface area contributed by atoms with E-state index < -0.39 is 0 Å². The molecule has 1 aliphatic heterocycles. The number of hydrogen-bond donors (Lipinski definition) is 2. The quantitative estimate of drug-likeness (QED) is 0.584. The molecule has 0 bridgehead atoms. The third-order valence-electron chi connectivity index (χ3n) is 2.09. The van der Waals surface area contributed by atoms with Gasteiger partial charge >= 0.3 is 0 Å². The van der Waals surface area contributed by atoms with E-state index in [0.717, 1.165) is 25.9 Å². The van der Waals surface area contributed by atoms with Gasteiger partial charge in [0.25, 0.3) is 0 Å². The highest BCUT2D eigenvalue weighted by molar-refractivity contribution is 6.18. The van der Waals surface area contributed by atoms with Crippen molar-refractivity contribution in [3.8, 4) is 0 Å². The lowest BCUT2D eigenvalue weighted by Crippen LogP contribution is -2.34. The van der Waals surface area contributed by atoms with E-state index >= 15 is 0 Å². The number of rotatable bonds is 2. The Morgan fingerprint density at radius 2 is 2.10 bits per heavy atom. The summed E-state index contributed by atoms with van der Waals surface area (Å²) in [5.74, 6) is 0.809. The summed E-state index contributed by atoms with van der Waals surface area (Å²) >= 11 is 5.51. The highest BCUT2D eigenvalue weighted by atomic mass is 35.5. The van der Waals surface area contributed by atoms with Gasteiger partial charge in [0.2, 0.25) is 0 Å². The van der Waals surface area contributed by atoms with Crippen LogP contribution >= 0.6 is 11.6 Å². The fraction of sp³-hybridized carbons (Fsp3) is 1.00. The van der Waals surface area contributed by atoms with Gasteiger partial charge in [0.15, 0.2) is 0 Å². The first-order chi connectivity index (χ1) is 4.84. The van der Waals surface area contributed by atoms with Crippen LogP contribution in [0.1, 0.15) is 12.8 Å². The average molecular weight is 164 g/mol. The first-order valence-corrected chi connectivity index (χ1v) is 4.33. The Kier molecular flexibility index (Phi) is 3.46. The molecule has 0 spiro atoms. The van der Waals surface area contributed by atoms with E-state index in [9.17, 15) is 5.11 Å². The number of alkyl halides is 1. The molecule has 0 aromatic carbocycles. The predicted molar refractivity (Wildman–Crippen MR) is 42.3 cm³/mol. The van der Waals surface area contributed by atoms with Gasteiger partial charge < -0.3 is 10.4 Å². The minimum Gasteiger partial charge on any atom is -0.392 e. The van der Waals surface area contributed by atoms with E-state index in [0.29, 0.717) is 11.8 Å². The predicted octanol–water partition coefficient (Wildman–Crippen LogP) is 0.586. The number of hydrogen-bond acceptors (Lipinski definition) is 2. The molecule has 1 heterocycles. The molecule has 10 heavy (non-hydrogen) atoms. The smallest absolute Gasteiger partial charge is 0.0704 e. The molecule has 0 radical (unpaired) electrons. The number of aliphatic hydroxyl groups excluding tert-OH is 1. The molecule has 2 N–H and O–H groups in total. The van der Waals surface area contributed by atoms with Crippen LogP contribution in [0.2, 0.25) is 0 Å². The molecule has 0 aliphatic carbocycles. The van der Waals surface area contributed by atoms with Crippen molar-refractivity contribution in [2.45, 2.75) is 18.9 Å². The van der Waals surface area contributed by atoms with Crippen molar-refractivity contribution in [1.29, 1.82) is 0 Å². The maximum absolute atomic E-state index is 9.32. The van der Waals surface area contributed by atoms with Gasteiger partial charge in [0.1, 0.15) is 0 Å². The standard InChI is InChI=1S/C7H14ClNO/c8-5-7(10)6-1-3-9-4-2-6/h6-7,9-10H,1-5H2.